The Labute approximate surface area is 233 Å². The highest BCUT2D eigenvalue weighted by Gasteiger charge is 2.48. The number of nitrogens with two attached hydrogens (primary N) is 1. The fourth-order valence-corrected chi connectivity index (χ4v) is 4.48. The van der Waals surface area contributed by atoms with Crippen LogP contribution in [-0.4, -0.2) is 199 Å². The largest absolute Gasteiger partial charge is 0.394 e. The fraction of sp³-hybridized carbons (Fsp3) is 1.00. The van der Waals surface area contributed by atoms with Gasteiger partial charge >= 0.3 is 0 Å². The molecule has 0 aliphatic carbocycles. The molecule has 0 aromatic heterocycles. The van der Waals surface area contributed by atoms with E-state index in [1.54, 1.807) is 0 Å². The summed E-state index contributed by atoms with van der Waals surface area (Å²) in [6.07, 6.45) is -24.5. The number of hydrogen-bond donors (Lipinski definition) is 13. The van der Waals surface area contributed by atoms with Crippen LogP contribution in [0.1, 0.15) is 0 Å². The Bertz CT molecular complexity index is 694. The molecule has 0 aromatic carbocycles. The maximum absolute atomic E-state index is 10.3. The lowest BCUT2D eigenvalue weighted by molar-refractivity contribution is -0.322. The number of aliphatic hydroxyl groups excluding tert-OH is 12. The molecule has 3 rings (SSSR count). The first kappa shape index (κ1) is 34.7. The molecule has 3 aliphatic heterocycles. The topological polar surface area (TPSA) is 324 Å². The van der Waals surface area contributed by atoms with Crippen LogP contribution in [0.4, 0.5) is 0 Å². The minimum atomic E-state index is -1.84. The van der Waals surface area contributed by atoms with E-state index in [9.17, 15) is 61.3 Å². The van der Waals surface area contributed by atoms with Crippen molar-refractivity contribution in [3.63, 3.8) is 0 Å². The van der Waals surface area contributed by atoms with E-state index >= 15 is 0 Å². The molecule has 0 unspecified atom stereocenters. The molecule has 41 heavy (non-hydrogen) atoms. The van der Waals surface area contributed by atoms with Gasteiger partial charge in [-0.1, -0.05) is 0 Å². The third-order valence-electron chi connectivity index (χ3n) is 7.15. The highest BCUT2D eigenvalue weighted by molar-refractivity contribution is 4.94. The zero-order valence-electron chi connectivity index (χ0n) is 21.8. The van der Waals surface area contributed by atoms with Crippen LogP contribution >= 0.6 is 0 Å². The Morgan fingerprint density at radius 1 is 0.439 bits per heavy atom. The smallest absolute Gasteiger partial charge is 0.186 e. The van der Waals surface area contributed by atoms with Crippen LogP contribution in [0.5, 0.6) is 0 Å². The summed E-state index contributed by atoms with van der Waals surface area (Å²) in [4.78, 5) is 0. The van der Waals surface area contributed by atoms with Gasteiger partial charge in [-0.05, 0) is 0 Å². The lowest BCUT2D eigenvalue weighted by Gasteiger charge is -2.43. The average Bonchev–Trinajstić information content (AvgIpc) is 2.96. The van der Waals surface area contributed by atoms with E-state index in [1.807, 2.05) is 0 Å². The van der Waals surface area contributed by atoms with E-state index in [-0.39, 0.29) is 0 Å². The second kappa shape index (κ2) is 14.8. The van der Waals surface area contributed by atoms with Crippen molar-refractivity contribution < 1.29 is 89.7 Å². The Balaban J connectivity index is 1.73. The van der Waals surface area contributed by atoms with E-state index in [0.29, 0.717) is 0 Å². The van der Waals surface area contributed by atoms with Crippen molar-refractivity contribution in [2.75, 3.05) is 39.6 Å². The van der Waals surface area contributed by atoms with Gasteiger partial charge in [-0.15, -0.1) is 0 Å². The Kier molecular flexibility index (Phi) is 12.5. The summed E-state index contributed by atoms with van der Waals surface area (Å²) in [5, 5.41) is 119. The van der Waals surface area contributed by atoms with E-state index < -0.39 is 137 Å². The molecule has 14 N–H and O–H groups in total. The summed E-state index contributed by atoms with van der Waals surface area (Å²) >= 11 is 0. The molecule has 3 heterocycles. The molecule has 3 fully saturated rings. The highest BCUT2D eigenvalue weighted by Crippen LogP contribution is 2.27. The maximum atomic E-state index is 10.3. The zero-order chi connectivity index (χ0) is 30.6. The average molecular weight is 608 g/mol. The first-order chi connectivity index (χ1) is 19.3. The predicted molar refractivity (Wildman–Crippen MR) is 126 cm³/mol. The molecular weight excluding hydrogens is 566 g/mol. The summed E-state index contributed by atoms with van der Waals surface area (Å²) in [5.41, 5.74) is 4.57. The van der Waals surface area contributed by atoms with E-state index in [0.717, 1.165) is 0 Å². The van der Waals surface area contributed by atoms with Crippen LogP contribution in [0.25, 0.3) is 0 Å². The summed E-state index contributed by atoms with van der Waals surface area (Å²) in [7, 11) is 0. The van der Waals surface area contributed by atoms with Crippen molar-refractivity contribution in [2.45, 2.75) is 97.7 Å². The van der Waals surface area contributed by atoms with E-state index in [4.69, 9.17) is 34.2 Å². The number of aliphatic hydroxyl groups is 12. The van der Waals surface area contributed by atoms with Crippen molar-refractivity contribution >= 4 is 0 Å². The van der Waals surface area contributed by atoms with E-state index in [2.05, 4.69) is 0 Å². The van der Waals surface area contributed by atoms with Gasteiger partial charge in [0.1, 0.15) is 73.2 Å². The van der Waals surface area contributed by atoms with Crippen molar-refractivity contribution in [2.24, 2.45) is 5.73 Å². The van der Waals surface area contributed by atoms with Gasteiger partial charge in [-0.25, -0.2) is 0 Å². The maximum Gasteiger partial charge on any atom is 0.186 e. The van der Waals surface area contributed by atoms with Gasteiger partial charge in [0.25, 0.3) is 0 Å². The summed E-state index contributed by atoms with van der Waals surface area (Å²) in [5.74, 6) is 0. The molecule has 0 radical (unpaired) electrons. The summed E-state index contributed by atoms with van der Waals surface area (Å²) < 4.78 is 32.3. The summed E-state index contributed by atoms with van der Waals surface area (Å²) in [6, 6.07) is 0. The van der Waals surface area contributed by atoms with Crippen molar-refractivity contribution in [3.05, 3.63) is 0 Å². The van der Waals surface area contributed by atoms with Crippen molar-refractivity contribution in [1.29, 1.82) is 0 Å². The van der Waals surface area contributed by atoms with Gasteiger partial charge in [0.05, 0.1) is 45.2 Å². The molecule has 0 bridgehead atoms. The van der Waals surface area contributed by atoms with Crippen LogP contribution in [-0.2, 0) is 28.4 Å². The van der Waals surface area contributed by atoms with Crippen LogP contribution in [0.3, 0.4) is 0 Å². The van der Waals surface area contributed by atoms with Gasteiger partial charge in [0, 0.05) is 0 Å². The van der Waals surface area contributed by atoms with Crippen LogP contribution < -0.4 is 5.73 Å². The second-order valence-corrected chi connectivity index (χ2v) is 10.4. The zero-order valence-corrected chi connectivity index (χ0v) is 21.8. The normalized spacial score (nSPS) is 46.0. The van der Waals surface area contributed by atoms with Gasteiger partial charge in [-0.2, -0.15) is 0 Å². The molecule has 19 heteroatoms. The van der Waals surface area contributed by atoms with Gasteiger partial charge < -0.3 is 95.4 Å². The predicted octanol–water partition coefficient (Wildman–Crippen LogP) is -8.87. The monoisotopic (exact) mass is 607 g/mol. The Morgan fingerprint density at radius 3 is 0.902 bits per heavy atom. The highest BCUT2D eigenvalue weighted by atomic mass is 16.7. The molecule has 242 valence electrons. The molecule has 3 saturated heterocycles. The van der Waals surface area contributed by atoms with Gasteiger partial charge in [-0.3, -0.25) is 0 Å². The molecule has 0 amide bonds. The first-order valence-corrected chi connectivity index (χ1v) is 12.8. The standard InChI is InChI=1S/C22H41NO18/c23-22(4-36-19-16(33)13(30)10(27)7(1-24)39-19,5-37-20-17(34)14(31)11(28)8(2-25)40-20)6-38-21-18(35)15(32)12(29)9(3-26)41-21/h7-21,24-35H,1-6,23H2/t7-,8-,9-,10-,11-,12-,13+,14+,15+,16+,17+,18+,19+,20+,21+/m1/s1. The minimum Gasteiger partial charge on any atom is -0.394 e. The number of hydrogen-bond acceptors (Lipinski definition) is 19. The molecule has 0 aromatic rings. The fourth-order valence-electron chi connectivity index (χ4n) is 4.48. The van der Waals surface area contributed by atoms with Crippen LogP contribution in [0.15, 0.2) is 0 Å². The molecular formula is C22H41NO18. The lowest BCUT2D eigenvalue weighted by atomic mass is 9.98. The molecule has 0 saturated carbocycles. The quantitative estimate of drug-likeness (QED) is 0.0979. The first-order valence-electron chi connectivity index (χ1n) is 12.8. The Hall–Kier alpha value is -0.760. The lowest BCUT2D eigenvalue weighted by Crippen LogP contribution is -2.63. The minimum absolute atomic E-state index is 0.648. The van der Waals surface area contributed by atoms with Crippen LogP contribution in [0, 0.1) is 0 Å². The van der Waals surface area contributed by atoms with Crippen LogP contribution in [0.2, 0.25) is 0 Å². The third-order valence-corrected chi connectivity index (χ3v) is 7.15. The summed E-state index contributed by atoms with van der Waals surface area (Å²) in [6.45, 7) is -4.16. The van der Waals surface area contributed by atoms with Crippen molar-refractivity contribution in [3.8, 4) is 0 Å². The molecule has 3 aliphatic rings. The number of ether oxygens (including phenoxy) is 6. The number of rotatable bonds is 12. The van der Waals surface area contributed by atoms with Gasteiger partial charge in [0.2, 0.25) is 0 Å². The molecule has 0 spiro atoms. The molecule has 15 atom stereocenters. The third kappa shape index (κ3) is 7.85. The van der Waals surface area contributed by atoms with Crippen molar-refractivity contribution in [1.82, 2.24) is 0 Å². The van der Waals surface area contributed by atoms with Gasteiger partial charge in [0.15, 0.2) is 18.9 Å². The Morgan fingerprint density at radius 2 is 0.683 bits per heavy atom. The van der Waals surface area contributed by atoms with E-state index in [1.165, 1.54) is 0 Å². The molecule has 19 nitrogen and oxygen atoms in total. The second-order valence-electron chi connectivity index (χ2n) is 10.4. The SMILES string of the molecule is NC(CO[C@H]1O[C@H](CO)[C@@H](O)[C@H](O)[C@@H]1O)(CO[C@H]1O[C@H](CO)[C@@H](O)[C@H](O)[C@@H]1O)CO[C@H]1O[C@H](CO)[C@@H](O)[C@H](O)[C@@H]1O.